The Morgan fingerprint density at radius 3 is 2.38 bits per heavy atom. The maximum absolute atomic E-state index is 12.5. The van der Waals surface area contributed by atoms with Gasteiger partial charge in [0.1, 0.15) is 11.6 Å². The maximum Gasteiger partial charge on any atom is 0.411 e. The van der Waals surface area contributed by atoms with Crippen molar-refractivity contribution in [3.63, 3.8) is 0 Å². The first kappa shape index (κ1) is 16.1. The van der Waals surface area contributed by atoms with Crippen LogP contribution >= 0.6 is 0 Å². The largest absolute Gasteiger partial charge is 0.467 e. The van der Waals surface area contributed by atoms with Crippen LogP contribution in [0.5, 0.6) is 0 Å². The van der Waals surface area contributed by atoms with Crippen molar-refractivity contribution in [3.05, 3.63) is 0 Å². The van der Waals surface area contributed by atoms with Crippen molar-refractivity contribution in [2.45, 2.75) is 51.8 Å². The zero-order chi connectivity index (χ0) is 16.0. The minimum atomic E-state index is -0.595. The van der Waals surface area contributed by atoms with E-state index in [0.29, 0.717) is 18.9 Å². The van der Waals surface area contributed by atoms with E-state index in [-0.39, 0.29) is 11.5 Å². The molecule has 0 N–H and O–H groups in total. The number of hydrogen-bond acceptors (Lipinski definition) is 5. The maximum atomic E-state index is 12.5. The lowest BCUT2D eigenvalue weighted by molar-refractivity contribution is -0.146. The van der Waals surface area contributed by atoms with E-state index in [2.05, 4.69) is 6.92 Å². The molecular formula is C15H25NO5. The second-order valence-corrected chi connectivity index (χ2v) is 7.03. The van der Waals surface area contributed by atoms with Gasteiger partial charge < -0.3 is 14.2 Å². The normalized spacial score (nSPS) is 34.4. The number of methoxy groups -OCH3 is 2. The quantitative estimate of drug-likeness (QED) is 0.744. The standard InChI is InChI=1S/C15H25NO5/c1-9-11-15(9,8-19-5)7-10(12(17)20-6)16(11)13(18)21-14(2,3)4/h9-11H,7-8H2,1-6H3/t9-,10+,11?,15-/m1/s1. The van der Waals surface area contributed by atoms with Gasteiger partial charge in [-0.25, -0.2) is 9.59 Å². The molecule has 2 fully saturated rings. The van der Waals surface area contributed by atoms with Crippen LogP contribution in [0.25, 0.3) is 0 Å². The van der Waals surface area contributed by atoms with Crippen LogP contribution in [-0.4, -0.2) is 55.5 Å². The summed E-state index contributed by atoms with van der Waals surface area (Å²) in [5, 5.41) is 0. The topological polar surface area (TPSA) is 65.1 Å². The summed E-state index contributed by atoms with van der Waals surface area (Å²) in [6.07, 6.45) is 0.115. The molecule has 1 saturated heterocycles. The van der Waals surface area contributed by atoms with Crippen LogP contribution in [0.1, 0.15) is 34.1 Å². The Balaban J connectivity index is 2.23. The summed E-state index contributed by atoms with van der Waals surface area (Å²) in [4.78, 5) is 26.0. The molecule has 1 heterocycles. The van der Waals surface area contributed by atoms with Gasteiger partial charge in [0.25, 0.3) is 0 Å². The molecule has 0 spiro atoms. The van der Waals surface area contributed by atoms with Crippen molar-refractivity contribution < 1.29 is 23.8 Å². The minimum absolute atomic E-state index is 0.0172. The van der Waals surface area contributed by atoms with E-state index >= 15 is 0 Å². The third kappa shape index (κ3) is 2.61. The second-order valence-electron chi connectivity index (χ2n) is 7.03. The predicted molar refractivity (Wildman–Crippen MR) is 75.8 cm³/mol. The highest BCUT2D eigenvalue weighted by atomic mass is 16.6. The number of amides is 1. The summed E-state index contributed by atoms with van der Waals surface area (Å²) in [6, 6.07) is -0.599. The van der Waals surface area contributed by atoms with Crippen LogP contribution in [0.4, 0.5) is 4.79 Å². The first-order chi connectivity index (χ1) is 9.68. The fraction of sp³-hybridized carbons (Fsp3) is 0.867. The van der Waals surface area contributed by atoms with Gasteiger partial charge in [0, 0.05) is 18.6 Å². The van der Waals surface area contributed by atoms with Gasteiger partial charge >= 0.3 is 12.1 Å². The van der Waals surface area contributed by atoms with Gasteiger partial charge in [-0.1, -0.05) is 6.92 Å². The first-order valence-corrected chi connectivity index (χ1v) is 7.26. The smallest absolute Gasteiger partial charge is 0.411 e. The van der Waals surface area contributed by atoms with Crippen molar-refractivity contribution in [2.24, 2.45) is 11.3 Å². The molecule has 4 atom stereocenters. The number of piperidine rings is 1. The molecule has 6 nitrogen and oxygen atoms in total. The fourth-order valence-electron chi connectivity index (χ4n) is 3.58. The summed E-state index contributed by atoms with van der Waals surface area (Å²) in [7, 11) is 2.98. The van der Waals surface area contributed by atoms with Crippen LogP contribution in [-0.2, 0) is 19.0 Å². The Morgan fingerprint density at radius 1 is 1.29 bits per heavy atom. The molecule has 0 aromatic rings. The number of esters is 1. The molecule has 1 amide bonds. The summed E-state index contributed by atoms with van der Waals surface area (Å²) in [5.74, 6) is -0.0957. The molecule has 1 saturated carbocycles. The number of hydrogen-bond donors (Lipinski definition) is 0. The van der Waals surface area contributed by atoms with Crippen molar-refractivity contribution >= 4 is 12.1 Å². The average Bonchev–Trinajstić information content (AvgIpc) is 2.79. The molecule has 2 rings (SSSR count). The third-order valence-electron chi connectivity index (χ3n) is 4.56. The highest BCUT2D eigenvalue weighted by Crippen LogP contribution is 2.64. The summed E-state index contributed by atoms with van der Waals surface area (Å²) in [5.41, 5.74) is -0.743. The van der Waals surface area contributed by atoms with E-state index in [9.17, 15) is 9.59 Å². The highest BCUT2D eigenvalue weighted by Gasteiger charge is 2.73. The predicted octanol–water partition coefficient (Wildman–Crippen LogP) is 1.82. The van der Waals surface area contributed by atoms with E-state index in [1.165, 1.54) is 7.11 Å². The van der Waals surface area contributed by atoms with Gasteiger partial charge in [0.2, 0.25) is 0 Å². The molecule has 6 heteroatoms. The zero-order valence-electron chi connectivity index (χ0n) is 13.6. The van der Waals surface area contributed by atoms with Crippen molar-refractivity contribution in [3.8, 4) is 0 Å². The third-order valence-corrected chi connectivity index (χ3v) is 4.56. The number of likely N-dealkylation sites (tertiary alicyclic amines) is 1. The molecular weight excluding hydrogens is 274 g/mol. The van der Waals surface area contributed by atoms with Gasteiger partial charge in [0.05, 0.1) is 13.7 Å². The summed E-state index contributed by atoms with van der Waals surface area (Å²) >= 11 is 0. The van der Waals surface area contributed by atoms with Gasteiger partial charge in [-0.05, 0) is 33.1 Å². The number of fused-ring (bicyclic) bond motifs is 1. The molecule has 1 aliphatic carbocycles. The number of rotatable bonds is 3. The Bertz CT molecular complexity index is 444. The van der Waals surface area contributed by atoms with Crippen molar-refractivity contribution in [1.82, 2.24) is 4.90 Å². The van der Waals surface area contributed by atoms with Gasteiger partial charge in [-0.2, -0.15) is 0 Å². The van der Waals surface area contributed by atoms with Crippen LogP contribution in [0.2, 0.25) is 0 Å². The summed E-state index contributed by atoms with van der Waals surface area (Å²) < 4.78 is 15.6. The Labute approximate surface area is 125 Å². The zero-order valence-corrected chi connectivity index (χ0v) is 13.6. The fourth-order valence-corrected chi connectivity index (χ4v) is 3.58. The van der Waals surface area contributed by atoms with E-state index in [1.807, 2.05) is 20.8 Å². The molecule has 120 valence electrons. The lowest BCUT2D eigenvalue weighted by Gasteiger charge is -2.29. The van der Waals surface area contributed by atoms with E-state index < -0.39 is 23.7 Å². The average molecular weight is 299 g/mol. The van der Waals surface area contributed by atoms with Gasteiger partial charge in [0.15, 0.2) is 0 Å². The van der Waals surface area contributed by atoms with E-state index in [1.54, 1.807) is 12.0 Å². The van der Waals surface area contributed by atoms with Gasteiger partial charge in [-0.3, -0.25) is 4.90 Å². The lowest BCUT2D eigenvalue weighted by Crippen LogP contribution is -2.46. The summed E-state index contributed by atoms with van der Waals surface area (Å²) in [6.45, 7) is 8.05. The van der Waals surface area contributed by atoms with Crippen LogP contribution in [0.15, 0.2) is 0 Å². The molecule has 0 aromatic heterocycles. The Kier molecular flexibility index (Phi) is 3.95. The lowest BCUT2D eigenvalue weighted by atomic mass is 9.97. The molecule has 21 heavy (non-hydrogen) atoms. The van der Waals surface area contributed by atoms with Gasteiger partial charge in [-0.15, -0.1) is 0 Å². The number of carbonyl (C=O) groups is 2. The molecule has 0 bridgehead atoms. The number of nitrogens with zero attached hydrogens (tertiary/aromatic N) is 1. The van der Waals surface area contributed by atoms with E-state index in [0.717, 1.165) is 0 Å². The van der Waals surface area contributed by atoms with E-state index in [4.69, 9.17) is 14.2 Å². The first-order valence-electron chi connectivity index (χ1n) is 7.26. The number of ether oxygens (including phenoxy) is 3. The second kappa shape index (κ2) is 5.16. The molecule has 0 radical (unpaired) electrons. The Morgan fingerprint density at radius 2 is 1.90 bits per heavy atom. The Hall–Kier alpha value is -1.30. The molecule has 1 aliphatic heterocycles. The molecule has 1 unspecified atom stereocenters. The monoisotopic (exact) mass is 299 g/mol. The van der Waals surface area contributed by atoms with Crippen molar-refractivity contribution in [2.75, 3.05) is 20.8 Å². The SMILES string of the molecule is COC[C@@]12C[C@@H](C(=O)OC)N(C(=O)OC(C)(C)C)C1[C@H]2C. The van der Waals surface area contributed by atoms with Crippen molar-refractivity contribution in [1.29, 1.82) is 0 Å². The van der Waals surface area contributed by atoms with Crippen LogP contribution < -0.4 is 0 Å². The van der Waals surface area contributed by atoms with Crippen LogP contribution in [0, 0.1) is 11.3 Å². The number of carbonyl (C=O) groups excluding carboxylic acids is 2. The highest BCUT2D eigenvalue weighted by molar-refractivity contribution is 5.83. The molecule has 2 aliphatic rings. The minimum Gasteiger partial charge on any atom is -0.467 e. The molecule has 0 aromatic carbocycles. The van der Waals surface area contributed by atoms with Crippen LogP contribution in [0.3, 0.4) is 0 Å².